The molecule has 0 aliphatic carbocycles. The van der Waals surface area contributed by atoms with Crippen molar-refractivity contribution in [3.63, 3.8) is 0 Å². The quantitative estimate of drug-likeness (QED) is 0.313. The average Bonchev–Trinajstić information content (AvgIpc) is 3.23. The van der Waals surface area contributed by atoms with Gasteiger partial charge in [-0.25, -0.2) is 0 Å². The Morgan fingerprint density at radius 2 is 1.59 bits per heavy atom. The highest BCUT2D eigenvalue weighted by Crippen LogP contribution is 2.30. The third-order valence-electron chi connectivity index (χ3n) is 7.48. The average molecular weight is 600 g/mol. The molecular weight excluding hydrogens is 558 g/mol. The molecule has 232 valence electrons. The lowest BCUT2D eigenvalue weighted by atomic mass is 9.91. The molecule has 0 spiro atoms. The molecule has 0 saturated carbocycles. The fourth-order valence-electron chi connectivity index (χ4n) is 5.19. The van der Waals surface area contributed by atoms with Crippen molar-refractivity contribution in [1.82, 2.24) is 15.2 Å². The number of carboxylic acids is 1. The second-order valence-electron chi connectivity index (χ2n) is 12.4. The number of aromatic nitrogens is 1. The molecule has 4 rings (SSSR count). The molecule has 2 aromatic carbocycles. The van der Waals surface area contributed by atoms with Gasteiger partial charge in [-0.15, -0.1) is 0 Å². The van der Waals surface area contributed by atoms with E-state index in [1.807, 2.05) is 36.1 Å². The molecule has 2 heterocycles. The van der Waals surface area contributed by atoms with Crippen LogP contribution in [0.4, 0.5) is 11.4 Å². The standard InChI is InChI=1S/C34H41N5O5/c1-23-6-8-24(9-7-23)27(21-31(41)42)36-33(44)26-10-11-29(28(20-26)37-32(43)25-12-14-35-15-13-25)38-16-5-17-39(19-18-38)30(40)22-34(2,3)4/h6-15,20,27H,5,16-19,21-22H2,1-4H3,(H,36,44)(H,37,43)(H,41,42). The molecule has 1 aliphatic rings. The number of anilines is 2. The lowest BCUT2D eigenvalue weighted by molar-refractivity contribution is -0.137. The molecule has 1 atom stereocenters. The second-order valence-corrected chi connectivity index (χ2v) is 12.4. The van der Waals surface area contributed by atoms with E-state index in [1.165, 1.54) is 12.4 Å². The maximum atomic E-state index is 13.5. The Balaban J connectivity index is 1.60. The number of carbonyl (C=O) groups is 4. The molecular formula is C34H41N5O5. The summed E-state index contributed by atoms with van der Waals surface area (Å²) in [6.07, 6.45) is 4.01. The van der Waals surface area contributed by atoms with Gasteiger partial charge in [-0.05, 0) is 54.7 Å². The predicted octanol–water partition coefficient (Wildman–Crippen LogP) is 5.06. The smallest absolute Gasteiger partial charge is 0.305 e. The van der Waals surface area contributed by atoms with Gasteiger partial charge in [0.1, 0.15) is 0 Å². The van der Waals surface area contributed by atoms with E-state index in [2.05, 4.69) is 41.3 Å². The molecule has 1 unspecified atom stereocenters. The normalized spacial score (nSPS) is 14.4. The molecule has 0 bridgehead atoms. The SMILES string of the molecule is Cc1ccc(C(CC(=O)O)NC(=O)c2ccc(N3CCCN(C(=O)CC(C)(C)C)CC3)c(NC(=O)c3ccncc3)c2)cc1. The van der Waals surface area contributed by atoms with E-state index in [0.29, 0.717) is 49.4 Å². The zero-order valence-electron chi connectivity index (χ0n) is 25.8. The van der Waals surface area contributed by atoms with Gasteiger partial charge in [0.05, 0.1) is 23.8 Å². The third-order valence-corrected chi connectivity index (χ3v) is 7.48. The fourth-order valence-corrected chi connectivity index (χ4v) is 5.19. The predicted molar refractivity (Wildman–Crippen MR) is 170 cm³/mol. The zero-order chi connectivity index (χ0) is 31.9. The van der Waals surface area contributed by atoms with E-state index in [-0.39, 0.29) is 29.2 Å². The lowest BCUT2D eigenvalue weighted by Gasteiger charge is -2.27. The van der Waals surface area contributed by atoms with Crippen molar-refractivity contribution in [2.24, 2.45) is 5.41 Å². The van der Waals surface area contributed by atoms with E-state index in [1.54, 1.807) is 30.3 Å². The van der Waals surface area contributed by atoms with Gasteiger partial charge in [0, 0.05) is 56.1 Å². The monoisotopic (exact) mass is 599 g/mol. The summed E-state index contributed by atoms with van der Waals surface area (Å²) in [4.78, 5) is 59.2. The van der Waals surface area contributed by atoms with Crippen molar-refractivity contribution in [1.29, 1.82) is 0 Å². The van der Waals surface area contributed by atoms with Crippen LogP contribution in [-0.4, -0.2) is 64.9 Å². The Kier molecular flexibility index (Phi) is 10.4. The van der Waals surface area contributed by atoms with E-state index in [0.717, 1.165) is 17.7 Å². The minimum atomic E-state index is -1.03. The molecule has 44 heavy (non-hydrogen) atoms. The number of hydrogen-bond acceptors (Lipinski definition) is 6. The molecule has 3 amide bonds. The van der Waals surface area contributed by atoms with Crippen molar-refractivity contribution >= 4 is 35.1 Å². The molecule has 1 aliphatic heterocycles. The topological polar surface area (TPSA) is 132 Å². The van der Waals surface area contributed by atoms with Crippen LogP contribution >= 0.6 is 0 Å². The van der Waals surface area contributed by atoms with Crippen molar-refractivity contribution < 1.29 is 24.3 Å². The molecule has 10 nitrogen and oxygen atoms in total. The molecule has 1 fully saturated rings. The highest BCUT2D eigenvalue weighted by atomic mass is 16.4. The number of hydrogen-bond donors (Lipinski definition) is 3. The minimum absolute atomic E-state index is 0.104. The van der Waals surface area contributed by atoms with E-state index < -0.39 is 17.9 Å². The van der Waals surface area contributed by atoms with Crippen LogP contribution in [0.1, 0.15) is 77.9 Å². The number of pyridine rings is 1. The first-order valence-corrected chi connectivity index (χ1v) is 14.9. The van der Waals surface area contributed by atoms with Crippen LogP contribution in [0.5, 0.6) is 0 Å². The molecule has 0 radical (unpaired) electrons. The summed E-state index contributed by atoms with van der Waals surface area (Å²) in [5, 5.41) is 15.3. The van der Waals surface area contributed by atoms with Gasteiger partial charge in [0.2, 0.25) is 5.91 Å². The van der Waals surface area contributed by atoms with Crippen LogP contribution in [0.3, 0.4) is 0 Å². The highest BCUT2D eigenvalue weighted by Gasteiger charge is 2.26. The summed E-state index contributed by atoms with van der Waals surface area (Å²) in [7, 11) is 0. The van der Waals surface area contributed by atoms with Crippen LogP contribution in [-0.2, 0) is 9.59 Å². The molecule has 3 aromatic rings. The Morgan fingerprint density at radius 3 is 2.25 bits per heavy atom. The van der Waals surface area contributed by atoms with Crippen molar-refractivity contribution in [3.05, 3.63) is 89.2 Å². The van der Waals surface area contributed by atoms with Gasteiger partial charge in [0.25, 0.3) is 11.8 Å². The van der Waals surface area contributed by atoms with Gasteiger partial charge >= 0.3 is 5.97 Å². The third kappa shape index (κ3) is 8.89. The van der Waals surface area contributed by atoms with E-state index in [9.17, 15) is 24.3 Å². The van der Waals surface area contributed by atoms with Crippen molar-refractivity contribution in [2.75, 3.05) is 36.4 Å². The first-order chi connectivity index (χ1) is 20.9. The van der Waals surface area contributed by atoms with E-state index in [4.69, 9.17) is 0 Å². The van der Waals surface area contributed by atoms with Gasteiger partial charge in [-0.1, -0.05) is 50.6 Å². The summed E-state index contributed by atoms with van der Waals surface area (Å²) >= 11 is 0. The number of nitrogens with one attached hydrogen (secondary N) is 2. The number of aliphatic carboxylic acids is 1. The molecule has 1 aromatic heterocycles. The number of carbonyl (C=O) groups excluding carboxylic acids is 3. The Bertz CT molecular complexity index is 1480. The van der Waals surface area contributed by atoms with Gasteiger partial charge in [-0.2, -0.15) is 0 Å². The number of nitrogens with zero attached hydrogens (tertiary/aromatic N) is 3. The van der Waals surface area contributed by atoms with Crippen LogP contribution in [0.2, 0.25) is 0 Å². The zero-order valence-corrected chi connectivity index (χ0v) is 25.8. The summed E-state index contributed by atoms with van der Waals surface area (Å²) in [5.74, 6) is -1.72. The number of aryl methyl sites for hydroxylation is 1. The first-order valence-electron chi connectivity index (χ1n) is 14.9. The van der Waals surface area contributed by atoms with Crippen LogP contribution in [0.15, 0.2) is 67.0 Å². The summed E-state index contributed by atoms with van der Waals surface area (Å²) in [6, 6.07) is 14.9. The Morgan fingerprint density at radius 1 is 0.886 bits per heavy atom. The van der Waals surface area contributed by atoms with Crippen molar-refractivity contribution in [3.8, 4) is 0 Å². The largest absolute Gasteiger partial charge is 0.481 e. The van der Waals surface area contributed by atoms with E-state index >= 15 is 0 Å². The lowest BCUT2D eigenvalue weighted by Crippen LogP contribution is -2.37. The molecule has 1 saturated heterocycles. The minimum Gasteiger partial charge on any atom is -0.481 e. The maximum absolute atomic E-state index is 13.5. The van der Waals surface area contributed by atoms with Gasteiger partial charge in [0.15, 0.2) is 0 Å². The Labute approximate surface area is 258 Å². The van der Waals surface area contributed by atoms with Crippen molar-refractivity contribution in [2.45, 2.75) is 53.0 Å². The second kappa shape index (κ2) is 14.2. The number of rotatable bonds is 9. The number of carboxylic acid groups (broad SMARTS) is 1. The summed E-state index contributed by atoms with van der Waals surface area (Å²) in [5.41, 5.74) is 3.47. The Hall–Kier alpha value is -4.73. The molecule has 3 N–H and O–H groups in total. The number of benzene rings is 2. The highest BCUT2D eigenvalue weighted by molar-refractivity contribution is 6.07. The van der Waals surface area contributed by atoms with Crippen LogP contribution in [0, 0.1) is 12.3 Å². The van der Waals surface area contributed by atoms with Crippen LogP contribution < -0.4 is 15.5 Å². The summed E-state index contributed by atoms with van der Waals surface area (Å²) in [6.45, 7) is 10.5. The number of amides is 3. The fraction of sp³-hybridized carbons (Fsp3) is 0.382. The first kappa shape index (κ1) is 32.2. The van der Waals surface area contributed by atoms with Gasteiger partial charge < -0.3 is 25.5 Å². The molecule has 10 heteroatoms. The van der Waals surface area contributed by atoms with Gasteiger partial charge in [-0.3, -0.25) is 24.2 Å². The maximum Gasteiger partial charge on any atom is 0.305 e. The van der Waals surface area contributed by atoms with Crippen LogP contribution in [0.25, 0.3) is 0 Å². The summed E-state index contributed by atoms with van der Waals surface area (Å²) < 4.78 is 0.